The Balaban J connectivity index is 1.48. The Bertz CT molecular complexity index is 887. The van der Waals surface area contributed by atoms with Gasteiger partial charge in [0.25, 0.3) is 0 Å². The maximum absolute atomic E-state index is 13.1. The fraction of sp³-hybridized carbons (Fsp3) is 0.550. The van der Waals surface area contributed by atoms with Gasteiger partial charge in [-0.05, 0) is 25.3 Å². The standard InChI is InChI=1S/C20H22F3N3O4/c1-19(11-28-12-19)18(27)26(10-15-3-2-8-29-15)9-13-4-6-14(7-5-13)16-24-17(30-25-16)20(21,22)23/h4-7,15H,2-3,8-12H2,1H3. The van der Waals surface area contributed by atoms with Gasteiger partial charge in [-0.1, -0.05) is 29.4 Å². The highest BCUT2D eigenvalue weighted by Crippen LogP contribution is 2.31. The van der Waals surface area contributed by atoms with Crippen LogP contribution in [-0.2, 0) is 27.0 Å². The second-order valence-electron chi connectivity index (χ2n) is 7.99. The van der Waals surface area contributed by atoms with Crippen LogP contribution in [0.1, 0.15) is 31.2 Å². The number of hydrogen-bond donors (Lipinski definition) is 0. The fourth-order valence-corrected chi connectivity index (χ4v) is 3.60. The van der Waals surface area contributed by atoms with E-state index in [1.165, 1.54) is 0 Å². The molecule has 0 radical (unpaired) electrons. The van der Waals surface area contributed by atoms with Crippen molar-refractivity contribution in [2.24, 2.45) is 5.41 Å². The van der Waals surface area contributed by atoms with Crippen LogP contribution in [0.3, 0.4) is 0 Å². The molecular weight excluding hydrogens is 403 g/mol. The lowest BCUT2D eigenvalue weighted by Gasteiger charge is -2.41. The molecule has 1 atom stereocenters. The molecule has 2 aromatic rings. The smallest absolute Gasteiger partial charge is 0.379 e. The minimum Gasteiger partial charge on any atom is -0.379 e. The number of rotatable bonds is 6. The Kier molecular flexibility index (Phi) is 5.54. The van der Waals surface area contributed by atoms with Crippen LogP contribution in [0.25, 0.3) is 11.4 Å². The van der Waals surface area contributed by atoms with Gasteiger partial charge in [-0.3, -0.25) is 4.79 Å². The predicted octanol–water partition coefficient (Wildman–Crippen LogP) is 3.30. The molecule has 0 bridgehead atoms. The third-order valence-electron chi connectivity index (χ3n) is 5.35. The molecule has 2 saturated heterocycles. The minimum atomic E-state index is -4.68. The molecule has 0 saturated carbocycles. The van der Waals surface area contributed by atoms with Crippen molar-refractivity contribution in [1.29, 1.82) is 0 Å². The largest absolute Gasteiger partial charge is 0.471 e. The van der Waals surface area contributed by atoms with Crippen molar-refractivity contribution >= 4 is 5.91 Å². The first kappa shape index (κ1) is 20.8. The van der Waals surface area contributed by atoms with E-state index in [1.807, 2.05) is 6.92 Å². The number of hydrogen-bond acceptors (Lipinski definition) is 6. The summed E-state index contributed by atoms with van der Waals surface area (Å²) in [5, 5.41) is 3.39. The second kappa shape index (κ2) is 7.99. The third-order valence-corrected chi connectivity index (χ3v) is 5.35. The number of nitrogens with zero attached hydrogens (tertiary/aromatic N) is 3. The Labute approximate surface area is 171 Å². The maximum Gasteiger partial charge on any atom is 0.471 e. The van der Waals surface area contributed by atoms with Crippen LogP contribution in [0, 0.1) is 5.41 Å². The van der Waals surface area contributed by atoms with E-state index >= 15 is 0 Å². The van der Waals surface area contributed by atoms with Gasteiger partial charge < -0.3 is 18.9 Å². The normalized spacial score (nSPS) is 20.7. The van der Waals surface area contributed by atoms with Crippen molar-refractivity contribution in [3.63, 3.8) is 0 Å². The molecule has 2 aliphatic heterocycles. The van der Waals surface area contributed by atoms with Crippen molar-refractivity contribution in [2.45, 2.75) is 38.6 Å². The first-order chi connectivity index (χ1) is 14.2. The van der Waals surface area contributed by atoms with Crippen LogP contribution >= 0.6 is 0 Å². The van der Waals surface area contributed by atoms with Gasteiger partial charge in [0, 0.05) is 25.3 Å². The highest BCUT2D eigenvalue weighted by molar-refractivity contribution is 5.83. The van der Waals surface area contributed by atoms with Crippen LogP contribution < -0.4 is 0 Å². The lowest BCUT2D eigenvalue weighted by molar-refractivity contribution is -0.170. The van der Waals surface area contributed by atoms with E-state index in [0.29, 0.717) is 38.5 Å². The molecule has 0 spiro atoms. The number of halogens is 3. The summed E-state index contributed by atoms with van der Waals surface area (Å²) in [5.41, 5.74) is 0.708. The SMILES string of the molecule is CC1(C(=O)N(Cc2ccc(-c3noc(C(F)(F)F)n3)cc2)CC2CCCO2)COC1. The van der Waals surface area contributed by atoms with Gasteiger partial charge in [0.1, 0.15) is 0 Å². The zero-order chi connectivity index (χ0) is 21.4. The summed E-state index contributed by atoms with van der Waals surface area (Å²) >= 11 is 0. The summed E-state index contributed by atoms with van der Waals surface area (Å²) in [6.07, 6.45) is -2.78. The molecule has 0 N–H and O–H groups in total. The van der Waals surface area contributed by atoms with Gasteiger partial charge in [-0.15, -0.1) is 0 Å². The van der Waals surface area contributed by atoms with E-state index in [1.54, 1.807) is 29.2 Å². The first-order valence-corrected chi connectivity index (χ1v) is 9.73. The number of alkyl halides is 3. The fourth-order valence-electron chi connectivity index (χ4n) is 3.60. The topological polar surface area (TPSA) is 77.7 Å². The number of ether oxygens (including phenoxy) is 2. The van der Waals surface area contributed by atoms with Gasteiger partial charge in [-0.25, -0.2) is 0 Å². The monoisotopic (exact) mass is 425 g/mol. The maximum atomic E-state index is 13.1. The number of aromatic nitrogens is 2. The van der Waals surface area contributed by atoms with E-state index < -0.39 is 17.5 Å². The highest BCUT2D eigenvalue weighted by Gasteiger charge is 2.44. The van der Waals surface area contributed by atoms with E-state index in [0.717, 1.165) is 18.4 Å². The predicted molar refractivity (Wildman–Crippen MR) is 98.1 cm³/mol. The Morgan fingerprint density at radius 3 is 2.53 bits per heavy atom. The summed E-state index contributed by atoms with van der Waals surface area (Å²) in [7, 11) is 0. The summed E-state index contributed by atoms with van der Waals surface area (Å²) in [4.78, 5) is 18.2. The van der Waals surface area contributed by atoms with E-state index in [-0.39, 0.29) is 17.8 Å². The zero-order valence-corrected chi connectivity index (χ0v) is 16.4. The molecule has 2 fully saturated rings. The van der Waals surface area contributed by atoms with Crippen LogP contribution in [0.15, 0.2) is 28.8 Å². The van der Waals surface area contributed by atoms with Crippen molar-refractivity contribution < 1.29 is 32.0 Å². The second-order valence-corrected chi connectivity index (χ2v) is 7.99. The quantitative estimate of drug-likeness (QED) is 0.707. The summed E-state index contributed by atoms with van der Waals surface area (Å²) in [6, 6.07) is 6.72. The molecule has 0 aliphatic carbocycles. The van der Waals surface area contributed by atoms with Crippen molar-refractivity contribution in [3.05, 3.63) is 35.7 Å². The van der Waals surface area contributed by atoms with Gasteiger partial charge >= 0.3 is 12.1 Å². The number of benzene rings is 1. The Hall–Kier alpha value is -2.46. The molecule has 4 rings (SSSR count). The Morgan fingerprint density at radius 2 is 2.00 bits per heavy atom. The van der Waals surface area contributed by atoms with Gasteiger partial charge in [0.05, 0.1) is 24.7 Å². The molecule has 30 heavy (non-hydrogen) atoms. The van der Waals surface area contributed by atoms with Gasteiger partial charge in [-0.2, -0.15) is 18.2 Å². The molecule has 162 valence electrons. The number of carbonyl (C=O) groups excluding carboxylic acids is 1. The molecule has 1 unspecified atom stereocenters. The van der Waals surface area contributed by atoms with Crippen molar-refractivity contribution in [1.82, 2.24) is 15.0 Å². The highest BCUT2D eigenvalue weighted by atomic mass is 19.4. The minimum absolute atomic E-state index is 0.0120. The first-order valence-electron chi connectivity index (χ1n) is 9.73. The van der Waals surface area contributed by atoms with Crippen molar-refractivity contribution in [2.75, 3.05) is 26.4 Å². The van der Waals surface area contributed by atoms with Crippen LogP contribution in [0.2, 0.25) is 0 Å². The third kappa shape index (κ3) is 4.34. The molecule has 1 aromatic heterocycles. The lowest BCUT2D eigenvalue weighted by atomic mass is 9.86. The Morgan fingerprint density at radius 1 is 1.27 bits per heavy atom. The molecule has 2 aliphatic rings. The van der Waals surface area contributed by atoms with Crippen LogP contribution in [0.5, 0.6) is 0 Å². The molecule has 1 amide bonds. The zero-order valence-electron chi connectivity index (χ0n) is 16.4. The van der Waals surface area contributed by atoms with Crippen LogP contribution in [0.4, 0.5) is 13.2 Å². The number of amides is 1. The molecule has 3 heterocycles. The molecule has 1 aromatic carbocycles. The summed E-state index contributed by atoms with van der Waals surface area (Å²) in [5.74, 6) is -1.51. The van der Waals surface area contributed by atoms with Gasteiger partial charge in [0.15, 0.2) is 0 Å². The van der Waals surface area contributed by atoms with Crippen LogP contribution in [-0.4, -0.2) is 53.4 Å². The lowest BCUT2D eigenvalue weighted by Crippen LogP contribution is -2.54. The molecule has 7 nitrogen and oxygen atoms in total. The summed E-state index contributed by atoms with van der Waals surface area (Å²) < 4.78 is 53.1. The van der Waals surface area contributed by atoms with Crippen molar-refractivity contribution in [3.8, 4) is 11.4 Å². The average Bonchev–Trinajstić information content (AvgIpc) is 3.37. The van der Waals surface area contributed by atoms with E-state index in [4.69, 9.17) is 9.47 Å². The average molecular weight is 425 g/mol. The molecule has 10 heteroatoms. The molecular formula is C20H22F3N3O4. The summed E-state index contributed by atoms with van der Waals surface area (Å²) in [6.45, 7) is 4.24. The van der Waals surface area contributed by atoms with Gasteiger partial charge in [0.2, 0.25) is 11.7 Å². The number of carbonyl (C=O) groups is 1. The van der Waals surface area contributed by atoms with E-state index in [9.17, 15) is 18.0 Å². The van der Waals surface area contributed by atoms with E-state index in [2.05, 4.69) is 14.7 Å².